The summed E-state index contributed by atoms with van der Waals surface area (Å²) in [7, 11) is 3.16. The predicted octanol–water partition coefficient (Wildman–Crippen LogP) is 4.15. The first-order valence-corrected chi connectivity index (χ1v) is 9.16. The lowest BCUT2D eigenvalue weighted by atomic mass is 10.0. The number of aromatic amines is 1. The molecule has 0 bridgehead atoms. The lowest BCUT2D eigenvalue weighted by Gasteiger charge is -2.10. The zero-order chi connectivity index (χ0) is 20.1. The Morgan fingerprint density at radius 3 is 2.43 bits per heavy atom. The topological polar surface area (TPSA) is 76.2 Å². The molecule has 3 aromatic rings. The number of carbonyl (C=O) groups excluding carboxylic acids is 1. The molecule has 146 valence electrons. The van der Waals surface area contributed by atoms with Gasteiger partial charge in [0.25, 0.3) is 5.91 Å². The van der Waals surface area contributed by atoms with Gasteiger partial charge in [-0.2, -0.15) is 5.10 Å². The van der Waals surface area contributed by atoms with Gasteiger partial charge < -0.3 is 14.8 Å². The Hall–Kier alpha value is -3.28. The van der Waals surface area contributed by atoms with E-state index < -0.39 is 0 Å². The second-order valence-corrected chi connectivity index (χ2v) is 6.81. The number of carbonyl (C=O) groups is 1. The summed E-state index contributed by atoms with van der Waals surface area (Å²) >= 11 is 0. The van der Waals surface area contributed by atoms with Crippen molar-refractivity contribution in [1.29, 1.82) is 0 Å². The maximum atomic E-state index is 12.7. The Kier molecular flexibility index (Phi) is 5.99. The molecule has 1 heterocycles. The van der Waals surface area contributed by atoms with Crippen molar-refractivity contribution in [2.45, 2.75) is 26.3 Å². The minimum Gasteiger partial charge on any atom is -0.493 e. The Bertz CT molecular complexity index is 946. The summed E-state index contributed by atoms with van der Waals surface area (Å²) in [5, 5.41) is 9.90. The van der Waals surface area contributed by atoms with Crippen molar-refractivity contribution >= 4 is 5.91 Å². The van der Waals surface area contributed by atoms with Crippen LogP contribution in [0.2, 0.25) is 0 Å². The molecule has 0 radical (unpaired) electrons. The molecular formula is C22H25N3O3. The fourth-order valence-corrected chi connectivity index (χ4v) is 2.97. The van der Waals surface area contributed by atoms with E-state index in [4.69, 9.17) is 9.47 Å². The van der Waals surface area contributed by atoms with Crippen molar-refractivity contribution in [2.24, 2.45) is 0 Å². The minimum atomic E-state index is -0.188. The Morgan fingerprint density at radius 1 is 1.07 bits per heavy atom. The molecule has 6 heteroatoms. The second-order valence-electron chi connectivity index (χ2n) is 6.81. The van der Waals surface area contributed by atoms with E-state index in [2.05, 4.69) is 41.5 Å². The van der Waals surface area contributed by atoms with Crippen LogP contribution in [0.5, 0.6) is 11.5 Å². The van der Waals surface area contributed by atoms with E-state index in [9.17, 15) is 4.79 Å². The van der Waals surface area contributed by atoms with Gasteiger partial charge in [-0.05, 0) is 35.2 Å². The first-order valence-electron chi connectivity index (χ1n) is 9.16. The Morgan fingerprint density at radius 2 is 1.79 bits per heavy atom. The number of hydrogen-bond acceptors (Lipinski definition) is 4. The normalized spacial score (nSPS) is 10.8. The molecular weight excluding hydrogens is 354 g/mol. The van der Waals surface area contributed by atoms with Crippen LogP contribution in [0.3, 0.4) is 0 Å². The Balaban J connectivity index is 1.75. The maximum Gasteiger partial charge on any atom is 0.255 e. The second kappa shape index (κ2) is 8.61. The van der Waals surface area contributed by atoms with E-state index in [0.29, 0.717) is 35.2 Å². The van der Waals surface area contributed by atoms with Crippen LogP contribution in [0.1, 0.15) is 41.3 Å². The summed E-state index contributed by atoms with van der Waals surface area (Å²) in [6.45, 7) is 4.77. The summed E-state index contributed by atoms with van der Waals surface area (Å²) in [5.74, 6) is 1.51. The smallest absolute Gasteiger partial charge is 0.255 e. The van der Waals surface area contributed by atoms with Crippen molar-refractivity contribution in [3.8, 4) is 22.8 Å². The lowest BCUT2D eigenvalue weighted by molar-refractivity contribution is 0.0951. The van der Waals surface area contributed by atoms with Crippen LogP contribution < -0.4 is 14.8 Å². The Labute approximate surface area is 164 Å². The average molecular weight is 379 g/mol. The summed E-state index contributed by atoms with van der Waals surface area (Å²) in [4.78, 5) is 12.7. The first-order chi connectivity index (χ1) is 13.5. The number of nitrogens with one attached hydrogen (secondary N) is 2. The van der Waals surface area contributed by atoms with Crippen molar-refractivity contribution in [3.63, 3.8) is 0 Å². The van der Waals surface area contributed by atoms with Crippen LogP contribution in [0.4, 0.5) is 0 Å². The third-order valence-electron chi connectivity index (χ3n) is 4.66. The van der Waals surface area contributed by atoms with Crippen LogP contribution in [0.15, 0.2) is 48.7 Å². The van der Waals surface area contributed by atoms with Gasteiger partial charge in [-0.25, -0.2) is 0 Å². The molecule has 0 fully saturated rings. The third kappa shape index (κ3) is 4.17. The predicted molar refractivity (Wildman–Crippen MR) is 109 cm³/mol. The van der Waals surface area contributed by atoms with Crippen LogP contribution in [-0.4, -0.2) is 30.3 Å². The molecule has 6 nitrogen and oxygen atoms in total. The van der Waals surface area contributed by atoms with Gasteiger partial charge in [0.1, 0.15) is 0 Å². The van der Waals surface area contributed by atoms with Crippen LogP contribution in [0.25, 0.3) is 11.3 Å². The molecule has 0 unspecified atom stereocenters. The zero-order valence-electron chi connectivity index (χ0n) is 16.6. The van der Waals surface area contributed by atoms with Crippen LogP contribution >= 0.6 is 0 Å². The molecule has 0 aliphatic rings. The number of aromatic nitrogens is 2. The van der Waals surface area contributed by atoms with Crippen molar-refractivity contribution in [2.75, 3.05) is 14.2 Å². The quantitative estimate of drug-likeness (QED) is 0.647. The van der Waals surface area contributed by atoms with E-state index in [1.807, 2.05) is 24.3 Å². The SMILES string of the molecule is COc1ccc(-c2[nH]ncc2C(=O)NCc2ccc(C(C)C)cc2)cc1OC. The summed E-state index contributed by atoms with van der Waals surface area (Å²) < 4.78 is 10.6. The van der Waals surface area contributed by atoms with Gasteiger partial charge in [-0.1, -0.05) is 38.1 Å². The molecule has 0 saturated heterocycles. The molecule has 1 aromatic heterocycles. The molecule has 3 rings (SSSR count). The van der Waals surface area contributed by atoms with Gasteiger partial charge in [0.2, 0.25) is 0 Å². The fourth-order valence-electron chi connectivity index (χ4n) is 2.97. The number of hydrogen-bond donors (Lipinski definition) is 2. The van der Waals surface area contributed by atoms with Gasteiger partial charge in [0, 0.05) is 12.1 Å². The highest BCUT2D eigenvalue weighted by Crippen LogP contribution is 2.32. The largest absolute Gasteiger partial charge is 0.493 e. The van der Waals surface area contributed by atoms with Gasteiger partial charge in [0.15, 0.2) is 11.5 Å². The van der Waals surface area contributed by atoms with Gasteiger partial charge in [0.05, 0.1) is 31.7 Å². The van der Waals surface area contributed by atoms with Crippen molar-refractivity contribution in [1.82, 2.24) is 15.5 Å². The highest BCUT2D eigenvalue weighted by molar-refractivity contribution is 5.99. The molecule has 28 heavy (non-hydrogen) atoms. The zero-order valence-corrected chi connectivity index (χ0v) is 16.6. The molecule has 1 amide bonds. The minimum absolute atomic E-state index is 0.188. The van der Waals surface area contributed by atoms with E-state index in [0.717, 1.165) is 11.1 Å². The van der Waals surface area contributed by atoms with Crippen molar-refractivity contribution in [3.05, 3.63) is 65.4 Å². The summed E-state index contributed by atoms with van der Waals surface area (Å²) in [6, 6.07) is 13.7. The van der Waals surface area contributed by atoms with E-state index in [1.54, 1.807) is 20.3 Å². The van der Waals surface area contributed by atoms with E-state index >= 15 is 0 Å². The number of ether oxygens (including phenoxy) is 2. The monoisotopic (exact) mass is 379 g/mol. The van der Waals surface area contributed by atoms with E-state index in [-0.39, 0.29) is 5.91 Å². The molecule has 0 spiro atoms. The van der Waals surface area contributed by atoms with Crippen LogP contribution in [-0.2, 0) is 6.54 Å². The van der Waals surface area contributed by atoms with Gasteiger partial charge in [-0.3, -0.25) is 9.89 Å². The van der Waals surface area contributed by atoms with Crippen LogP contribution in [0, 0.1) is 0 Å². The maximum absolute atomic E-state index is 12.7. The number of methoxy groups -OCH3 is 2. The molecule has 0 atom stereocenters. The number of nitrogens with zero attached hydrogens (tertiary/aromatic N) is 1. The number of rotatable bonds is 7. The fraction of sp³-hybridized carbons (Fsp3) is 0.273. The standard InChI is InChI=1S/C22H25N3O3/c1-14(2)16-7-5-15(6-8-16)12-23-22(26)18-13-24-25-21(18)17-9-10-19(27-3)20(11-17)28-4/h5-11,13-14H,12H2,1-4H3,(H,23,26)(H,24,25). The highest BCUT2D eigenvalue weighted by atomic mass is 16.5. The summed E-state index contributed by atoms with van der Waals surface area (Å²) in [5.41, 5.74) is 4.23. The lowest BCUT2D eigenvalue weighted by Crippen LogP contribution is -2.23. The third-order valence-corrected chi connectivity index (χ3v) is 4.66. The molecule has 0 saturated carbocycles. The number of H-pyrrole nitrogens is 1. The average Bonchev–Trinajstić information content (AvgIpc) is 3.21. The molecule has 2 N–H and O–H groups in total. The number of benzene rings is 2. The molecule has 0 aliphatic heterocycles. The number of amides is 1. The highest BCUT2D eigenvalue weighted by Gasteiger charge is 2.17. The van der Waals surface area contributed by atoms with Gasteiger partial charge >= 0.3 is 0 Å². The summed E-state index contributed by atoms with van der Waals surface area (Å²) in [6.07, 6.45) is 1.53. The van der Waals surface area contributed by atoms with E-state index in [1.165, 1.54) is 11.8 Å². The van der Waals surface area contributed by atoms with Gasteiger partial charge in [-0.15, -0.1) is 0 Å². The first kappa shape index (κ1) is 19.5. The molecule has 2 aromatic carbocycles. The van der Waals surface area contributed by atoms with Crippen molar-refractivity contribution < 1.29 is 14.3 Å². The molecule has 0 aliphatic carbocycles.